The average molecular weight is 451 g/mol. The lowest BCUT2D eigenvalue weighted by molar-refractivity contribution is 0.211. The van der Waals surface area contributed by atoms with Crippen molar-refractivity contribution in [3.63, 3.8) is 0 Å². The Labute approximate surface area is 199 Å². The van der Waals surface area contributed by atoms with Crippen LogP contribution in [0.5, 0.6) is 0 Å². The fraction of sp³-hybridized carbons (Fsp3) is 0.269. The van der Waals surface area contributed by atoms with Gasteiger partial charge in [0.05, 0.1) is 17.7 Å². The van der Waals surface area contributed by atoms with Gasteiger partial charge in [0, 0.05) is 62.4 Å². The summed E-state index contributed by atoms with van der Waals surface area (Å²) in [6, 6.07) is 16.9. The molecule has 0 unspecified atom stereocenters. The maximum absolute atomic E-state index is 8.97. The molecule has 0 radical (unpaired) electrons. The summed E-state index contributed by atoms with van der Waals surface area (Å²) in [5.74, 6) is 0.921. The third-order valence-corrected chi connectivity index (χ3v) is 6.20. The number of hydrogen-bond acceptors (Lipinski definition) is 7. The summed E-state index contributed by atoms with van der Waals surface area (Å²) >= 11 is 0. The average Bonchev–Trinajstić information content (AvgIpc) is 3.27. The van der Waals surface area contributed by atoms with Crippen LogP contribution in [0.4, 0.5) is 5.82 Å². The largest absolute Gasteiger partial charge is 0.367 e. The Morgan fingerprint density at radius 1 is 1.03 bits per heavy atom. The van der Waals surface area contributed by atoms with Gasteiger partial charge in [-0.15, -0.1) is 0 Å². The van der Waals surface area contributed by atoms with Gasteiger partial charge in [0.25, 0.3) is 0 Å². The number of hydrogen-bond donors (Lipinski definition) is 1. The van der Waals surface area contributed by atoms with Gasteiger partial charge in [-0.1, -0.05) is 24.3 Å². The highest BCUT2D eigenvalue weighted by molar-refractivity contribution is 5.78. The summed E-state index contributed by atoms with van der Waals surface area (Å²) in [6.45, 7) is 2.96. The molecule has 8 nitrogen and oxygen atoms in total. The number of rotatable bonds is 6. The predicted molar refractivity (Wildman–Crippen MR) is 131 cm³/mol. The van der Waals surface area contributed by atoms with Gasteiger partial charge in [-0.2, -0.15) is 5.26 Å². The van der Waals surface area contributed by atoms with E-state index in [1.54, 1.807) is 12.4 Å². The van der Waals surface area contributed by atoms with Gasteiger partial charge in [0.2, 0.25) is 5.82 Å². The van der Waals surface area contributed by atoms with Crippen LogP contribution < -0.4 is 5.32 Å². The highest BCUT2D eigenvalue weighted by atomic mass is 15.1. The Morgan fingerprint density at radius 3 is 2.59 bits per heavy atom. The molecule has 34 heavy (non-hydrogen) atoms. The minimum absolute atomic E-state index is 0.198. The van der Waals surface area contributed by atoms with E-state index >= 15 is 0 Å². The van der Waals surface area contributed by atoms with E-state index in [1.807, 2.05) is 42.3 Å². The first-order chi connectivity index (χ1) is 16.7. The van der Waals surface area contributed by atoms with Gasteiger partial charge < -0.3 is 9.88 Å². The summed E-state index contributed by atoms with van der Waals surface area (Å²) in [5, 5.41) is 12.4. The monoisotopic (exact) mass is 450 g/mol. The molecule has 0 bridgehead atoms. The lowest BCUT2D eigenvalue weighted by Crippen LogP contribution is -2.38. The standard InChI is InChI=1S/C26H26N8/c1-33-18-30-25(26(33)21-3-2-11-28-16-21)20-6-4-19(5-7-20)17-34-13-9-22(10-14-34)31-23-8-12-29-24(15-27)32-23/h2-8,11-12,16,18,22H,9-10,13-14,17H2,1H3,(H,29,31,32). The van der Waals surface area contributed by atoms with E-state index in [2.05, 4.69) is 60.5 Å². The second kappa shape index (κ2) is 9.81. The molecule has 0 saturated carbocycles. The maximum Gasteiger partial charge on any atom is 0.234 e. The molecule has 1 aliphatic rings. The maximum atomic E-state index is 8.97. The Balaban J connectivity index is 1.20. The third-order valence-electron chi connectivity index (χ3n) is 6.20. The van der Waals surface area contributed by atoms with E-state index in [0.29, 0.717) is 6.04 Å². The Kier molecular flexibility index (Phi) is 6.27. The van der Waals surface area contributed by atoms with E-state index in [4.69, 9.17) is 5.26 Å². The lowest BCUT2D eigenvalue weighted by atomic mass is 10.0. The first kappa shape index (κ1) is 21.7. The highest BCUT2D eigenvalue weighted by Crippen LogP contribution is 2.30. The number of piperidine rings is 1. The molecule has 3 aromatic heterocycles. The minimum atomic E-state index is 0.198. The van der Waals surface area contributed by atoms with Crippen molar-refractivity contribution in [2.24, 2.45) is 7.05 Å². The number of aryl methyl sites for hydroxylation is 1. The summed E-state index contributed by atoms with van der Waals surface area (Å²) in [6.07, 6.45) is 9.21. The SMILES string of the molecule is Cn1cnc(-c2ccc(CN3CCC(Nc4ccnc(C#N)n4)CC3)cc2)c1-c1cccnc1. The molecule has 1 aromatic carbocycles. The van der Waals surface area contributed by atoms with Crippen LogP contribution in [-0.4, -0.2) is 48.5 Å². The topological polar surface area (TPSA) is 95.6 Å². The van der Waals surface area contributed by atoms with Gasteiger partial charge >= 0.3 is 0 Å². The Hall–Kier alpha value is -4.09. The second-order valence-corrected chi connectivity index (χ2v) is 8.56. The van der Waals surface area contributed by atoms with Crippen LogP contribution in [0, 0.1) is 11.3 Å². The van der Waals surface area contributed by atoms with E-state index in [1.165, 1.54) is 5.56 Å². The van der Waals surface area contributed by atoms with Crippen molar-refractivity contribution in [2.45, 2.75) is 25.4 Å². The number of imidazole rings is 1. The van der Waals surface area contributed by atoms with Crippen molar-refractivity contribution >= 4 is 5.82 Å². The number of likely N-dealkylation sites (tertiary alicyclic amines) is 1. The van der Waals surface area contributed by atoms with Crippen molar-refractivity contribution in [1.82, 2.24) is 29.4 Å². The number of anilines is 1. The van der Waals surface area contributed by atoms with Crippen LogP contribution >= 0.6 is 0 Å². The molecule has 1 N–H and O–H groups in total. The summed E-state index contributed by atoms with van der Waals surface area (Å²) in [4.78, 5) is 19.5. The molecule has 1 saturated heterocycles. The summed E-state index contributed by atoms with van der Waals surface area (Å²) in [5.41, 5.74) is 5.50. The van der Waals surface area contributed by atoms with E-state index in [-0.39, 0.29) is 5.82 Å². The van der Waals surface area contributed by atoms with Crippen LogP contribution in [-0.2, 0) is 13.6 Å². The van der Waals surface area contributed by atoms with E-state index < -0.39 is 0 Å². The molecule has 4 aromatic rings. The predicted octanol–water partition coefficient (Wildman–Crippen LogP) is 3.89. The molecule has 4 heterocycles. The lowest BCUT2D eigenvalue weighted by Gasteiger charge is -2.32. The number of nitrogens with zero attached hydrogens (tertiary/aromatic N) is 7. The van der Waals surface area contributed by atoms with E-state index in [0.717, 1.165) is 60.8 Å². The van der Waals surface area contributed by atoms with Crippen molar-refractivity contribution in [3.8, 4) is 28.6 Å². The molecule has 0 aliphatic carbocycles. The number of nitriles is 1. The van der Waals surface area contributed by atoms with Crippen LogP contribution in [0.1, 0.15) is 24.2 Å². The normalized spacial score (nSPS) is 14.6. The highest BCUT2D eigenvalue weighted by Gasteiger charge is 2.20. The first-order valence-electron chi connectivity index (χ1n) is 11.4. The summed E-state index contributed by atoms with van der Waals surface area (Å²) in [7, 11) is 2.01. The van der Waals surface area contributed by atoms with Gasteiger partial charge in [-0.25, -0.2) is 15.0 Å². The Morgan fingerprint density at radius 2 is 1.85 bits per heavy atom. The number of aromatic nitrogens is 5. The molecule has 0 amide bonds. The molecule has 8 heteroatoms. The first-order valence-corrected chi connectivity index (χ1v) is 11.4. The molecule has 170 valence electrons. The van der Waals surface area contributed by atoms with Crippen molar-refractivity contribution in [2.75, 3.05) is 18.4 Å². The second-order valence-electron chi connectivity index (χ2n) is 8.56. The van der Waals surface area contributed by atoms with Gasteiger partial charge in [-0.05, 0) is 36.6 Å². The molecule has 1 aliphatic heterocycles. The fourth-order valence-corrected chi connectivity index (χ4v) is 4.45. The molecular formula is C26H26N8. The summed E-state index contributed by atoms with van der Waals surface area (Å²) < 4.78 is 2.04. The molecule has 1 fully saturated rings. The minimum Gasteiger partial charge on any atom is -0.367 e. The van der Waals surface area contributed by atoms with Crippen molar-refractivity contribution < 1.29 is 0 Å². The number of benzene rings is 1. The van der Waals surface area contributed by atoms with Crippen molar-refractivity contribution in [3.05, 3.63) is 78.8 Å². The molecule has 0 atom stereocenters. The molecule has 5 rings (SSSR count). The van der Waals surface area contributed by atoms with Crippen LogP contribution in [0.3, 0.4) is 0 Å². The zero-order chi connectivity index (χ0) is 23.3. The molecule has 0 spiro atoms. The number of pyridine rings is 1. The van der Waals surface area contributed by atoms with Crippen LogP contribution in [0.2, 0.25) is 0 Å². The van der Waals surface area contributed by atoms with Crippen LogP contribution in [0.15, 0.2) is 67.4 Å². The quantitative estimate of drug-likeness (QED) is 0.476. The molecular weight excluding hydrogens is 424 g/mol. The zero-order valence-corrected chi connectivity index (χ0v) is 19.1. The van der Waals surface area contributed by atoms with Gasteiger partial charge in [-0.3, -0.25) is 9.88 Å². The van der Waals surface area contributed by atoms with Gasteiger partial charge in [0.15, 0.2) is 0 Å². The smallest absolute Gasteiger partial charge is 0.234 e. The van der Waals surface area contributed by atoms with Crippen molar-refractivity contribution in [1.29, 1.82) is 5.26 Å². The van der Waals surface area contributed by atoms with E-state index in [9.17, 15) is 0 Å². The Bertz CT molecular complexity index is 1280. The number of nitrogens with one attached hydrogen (secondary N) is 1. The van der Waals surface area contributed by atoms with Crippen LogP contribution in [0.25, 0.3) is 22.5 Å². The zero-order valence-electron chi connectivity index (χ0n) is 19.1. The third kappa shape index (κ3) is 4.80. The van der Waals surface area contributed by atoms with Gasteiger partial charge in [0.1, 0.15) is 11.9 Å². The fourth-order valence-electron chi connectivity index (χ4n) is 4.45.